The quantitative estimate of drug-likeness (QED) is 0.343. The molecule has 0 spiro atoms. The van der Waals surface area contributed by atoms with Gasteiger partial charge in [0.25, 0.3) is 0 Å². The molecule has 1 aromatic heterocycles. The molecule has 2 heterocycles. The van der Waals surface area contributed by atoms with E-state index in [1.165, 1.54) is 33.9 Å². The molecule has 0 atom stereocenters. The van der Waals surface area contributed by atoms with E-state index >= 15 is 0 Å². The van der Waals surface area contributed by atoms with Gasteiger partial charge in [0.15, 0.2) is 5.03 Å². The van der Waals surface area contributed by atoms with Crippen LogP contribution in [-0.2, 0) is 4.79 Å². The summed E-state index contributed by atoms with van der Waals surface area (Å²) in [5, 5.41) is 11.2. The van der Waals surface area contributed by atoms with Crippen molar-refractivity contribution in [1.29, 1.82) is 0 Å². The van der Waals surface area contributed by atoms with Crippen LogP contribution in [0.3, 0.4) is 0 Å². The molecule has 1 fully saturated rings. The van der Waals surface area contributed by atoms with Gasteiger partial charge >= 0.3 is 5.69 Å². The highest BCUT2D eigenvalue weighted by Gasteiger charge is 2.18. The second kappa shape index (κ2) is 7.75. The van der Waals surface area contributed by atoms with Crippen molar-refractivity contribution in [3.05, 3.63) is 28.4 Å². The molecule has 1 saturated heterocycles. The summed E-state index contributed by atoms with van der Waals surface area (Å²) in [6.07, 6.45) is 1.99. The third kappa shape index (κ3) is 4.29. The maximum absolute atomic E-state index is 11.8. The Morgan fingerprint density at radius 2 is 2.45 bits per heavy atom. The second-order valence-corrected chi connectivity index (χ2v) is 7.41. The average molecular weight is 331 g/mol. The molecule has 0 saturated carbocycles. The van der Waals surface area contributed by atoms with E-state index in [4.69, 9.17) is 0 Å². The molecule has 20 heavy (non-hydrogen) atoms. The Morgan fingerprint density at radius 1 is 1.60 bits per heavy atom. The zero-order valence-electron chi connectivity index (χ0n) is 10.6. The Bertz CT molecular complexity index is 495. The summed E-state index contributed by atoms with van der Waals surface area (Å²) >= 11 is 1.76. The summed E-state index contributed by atoms with van der Waals surface area (Å²) in [6, 6.07) is 2.98. The minimum atomic E-state index is -0.442. The van der Waals surface area contributed by atoms with Crippen LogP contribution in [0.15, 0.2) is 23.4 Å². The molecule has 9 heteroatoms. The summed E-state index contributed by atoms with van der Waals surface area (Å²) in [7, 11) is 2.67. The van der Waals surface area contributed by atoms with Gasteiger partial charge in [0.1, 0.15) is 0 Å². The number of aromatic nitrogens is 1. The van der Waals surface area contributed by atoms with E-state index in [0.717, 1.165) is 18.2 Å². The molecule has 0 radical (unpaired) electrons. The Labute approximate surface area is 128 Å². The predicted molar refractivity (Wildman–Crippen MR) is 82.9 cm³/mol. The number of nitro groups is 1. The molecule has 0 bridgehead atoms. The van der Waals surface area contributed by atoms with Gasteiger partial charge in [-0.1, -0.05) is 10.8 Å². The van der Waals surface area contributed by atoms with E-state index in [1.54, 1.807) is 17.8 Å². The summed E-state index contributed by atoms with van der Waals surface area (Å²) in [4.78, 5) is 28.0. The first-order valence-corrected chi connectivity index (χ1v) is 9.40. The van der Waals surface area contributed by atoms with Gasteiger partial charge in [0, 0.05) is 36.7 Å². The van der Waals surface area contributed by atoms with Gasteiger partial charge in [0.05, 0.1) is 10.8 Å². The van der Waals surface area contributed by atoms with Crippen molar-refractivity contribution in [3.8, 4) is 0 Å². The SMILES string of the molecule is O=C(CCSSc1ncccc1[N+](=O)[O-])N1CCSC1. The Balaban J connectivity index is 1.76. The van der Waals surface area contributed by atoms with Crippen molar-refractivity contribution in [2.75, 3.05) is 23.9 Å². The normalized spacial score (nSPS) is 14.5. The standard InChI is InChI=1S/C11H13N3O3S3/c15-10(13-5-7-18-8-13)3-6-19-20-11-9(14(16)17)2-1-4-12-11/h1-2,4H,3,5-8H2. The zero-order valence-corrected chi connectivity index (χ0v) is 13.0. The molecular formula is C11H13N3O3S3. The lowest BCUT2D eigenvalue weighted by atomic mass is 10.4. The van der Waals surface area contributed by atoms with Crippen LogP contribution in [0.4, 0.5) is 5.69 Å². The van der Waals surface area contributed by atoms with E-state index in [0.29, 0.717) is 17.2 Å². The first-order valence-electron chi connectivity index (χ1n) is 5.93. The Kier molecular flexibility index (Phi) is 5.99. The summed E-state index contributed by atoms with van der Waals surface area (Å²) in [5.41, 5.74) is 0.00673. The first kappa shape index (κ1) is 15.5. The topological polar surface area (TPSA) is 76.3 Å². The molecular weight excluding hydrogens is 318 g/mol. The third-order valence-electron chi connectivity index (χ3n) is 2.59. The predicted octanol–water partition coefficient (Wildman–Crippen LogP) is 2.65. The van der Waals surface area contributed by atoms with E-state index in [2.05, 4.69) is 4.98 Å². The summed E-state index contributed by atoms with van der Waals surface area (Å²) < 4.78 is 0. The fourth-order valence-electron chi connectivity index (χ4n) is 1.58. The number of rotatable bonds is 6. The lowest BCUT2D eigenvalue weighted by Crippen LogP contribution is -2.27. The molecule has 6 nitrogen and oxygen atoms in total. The van der Waals surface area contributed by atoms with Crippen molar-refractivity contribution in [3.63, 3.8) is 0 Å². The van der Waals surface area contributed by atoms with Gasteiger partial charge in [-0.25, -0.2) is 4.98 Å². The van der Waals surface area contributed by atoms with Crippen LogP contribution in [0, 0.1) is 10.1 Å². The fraction of sp³-hybridized carbons (Fsp3) is 0.455. The van der Waals surface area contributed by atoms with Crippen LogP contribution in [0.1, 0.15) is 6.42 Å². The fourth-order valence-corrected chi connectivity index (χ4v) is 4.56. The van der Waals surface area contributed by atoms with Crippen LogP contribution < -0.4 is 0 Å². The van der Waals surface area contributed by atoms with E-state index in [1.807, 2.05) is 4.90 Å². The number of carbonyl (C=O) groups excluding carboxylic acids is 1. The van der Waals surface area contributed by atoms with Crippen LogP contribution in [-0.4, -0.2) is 44.6 Å². The third-order valence-corrected chi connectivity index (χ3v) is 5.84. The van der Waals surface area contributed by atoms with Gasteiger partial charge in [-0.3, -0.25) is 14.9 Å². The van der Waals surface area contributed by atoms with Crippen molar-refractivity contribution in [2.45, 2.75) is 11.4 Å². The van der Waals surface area contributed by atoms with Crippen molar-refractivity contribution in [1.82, 2.24) is 9.88 Å². The zero-order chi connectivity index (χ0) is 14.4. The lowest BCUT2D eigenvalue weighted by Gasteiger charge is -2.13. The number of amides is 1. The molecule has 2 rings (SSSR count). The molecule has 1 aliphatic heterocycles. The summed E-state index contributed by atoms with van der Waals surface area (Å²) in [5.74, 6) is 2.56. The molecule has 0 unspecified atom stereocenters. The molecule has 0 aromatic carbocycles. The van der Waals surface area contributed by atoms with Gasteiger partial charge < -0.3 is 4.90 Å². The molecule has 1 amide bonds. The highest BCUT2D eigenvalue weighted by atomic mass is 33.1. The van der Waals surface area contributed by atoms with Gasteiger partial charge in [-0.05, 0) is 16.9 Å². The Morgan fingerprint density at radius 3 is 3.15 bits per heavy atom. The largest absolute Gasteiger partial charge is 0.333 e. The van der Waals surface area contributed by atoms with E-state index in [9.17, 15) is 14.9 Å². The van der Waals surface area contributed by atoms with Gasteiger partial charge in [-0.2, -0.15) is 0 Å². The number of hydrogen-bond donors (Lipinski definition) is 0. The minimum absolute atomic E-state index is 0.00673. The smallest absolute Gasteiger partial charge is 0.302 e. The summed E-state index contributed by atoms with van der Waals surface area (Å²) in [6.45, 7) is 0.826. The Hall–Kier alpha value is -0.930. The lowest BCUT2D eigenvalue weighted by molar-refractivity contribution is -0.388. The highest BCUT2D eigenvalue weighted by Crippen LogP contribution is 2.35. The maximum atomic E-state index is 11.8. The minimum Gasteiger partial charge on any atom is -0.333 e. The molecule has 108 valence electrons. The highest BCUT2D eigenvalue weighted by molar-refractivity contribution is 8.76. The molecule has 1 aromatic rings. The van der Waals surface area contributed by atoms with Crippen LogP contribution >= 0.6 is 33.3 Å². The van der Waals surface area contributed by atoms with Crippen molar-refractivity contribution >= 4 is 44.9 Å². The number of hydrogen-bond acceptors (Lipinski definition) is 7. The number of carbonyl (C=O) groups is 1. The van der Waals surface area contributed by atoms with Crippen LogP contribution in [0.2, 0.25) is 0 Å². The van der Waals surface area contributed by atoms with E-state index < -0.39 is 4.92 Å². The van der Waals surface area contributed by atoms with Gasteiger partial charge in [-0.15, -0.1) is 11.8 Å². The van der Waals surface area contributed by atoms with Crippen molar-refractivity contribution in [2.24, 2.45) is 0 Å². The molecule has 0 aliphatic carbocycles. The monoisotopic (exact) mass is 331 g/mol. The number of thioether (sulfide) groups is 1. The van der Waals surface area contributed by atoms with Crippen molar-refractivity contribution < 1.29 is 9.72 Å². The first-order chi connectivity index (χ1) is 9.68. The number of nitrogens with zero attached hydrogens (tertiary/aromatic N) is 3. The van der Waals surface area contributed by atoms with Gasteiger partial charge in [0.2, 0.25) is 5.91 Å². The molecule has 0 N–H and O–H groups in total. The van der Waals surface area contributed by atoms with Crippen LogP contribution in [0.5, 0.6) is 0 Å². The maximum Gasteiger partial charge on any atom is 0.302 e. The second-order valence-electron chi connectivity index (χ2n) is 3.93. The molecule has 1 aliphatic rings. The van der Waals surface area contributed by atoms with E-state index in [-0.39, 0.29) is 11.6 Å². The average Bonchev–Trinajstić information content (AvgIpc) is 2.98. The van der Waals surface area contributed by atoms with Crippen LogP contribution in [0.25, 0.3) is 0 Å². The number of pyridine rings is 1.